The van der Waals surface area contributed by atoms with Gasteiger partial charge in [-0.15, -0.1) is 0 Å². The van der Waals surface area contributed by atoms with Gasteiger partial charge in [0.25, 0.3) is 5.91 Å². The second kappa shape index (κ2) is 7.84. The van der Waals surface area contributed by atoms with Crippen molar-refractivity contribution in [3.05, 3.63) is 29.3 Å². The molecule has 0 unspecified atom stereocenters. The van der Waals surface area contributed by atoms with E-state index in [0.29, 0.717) is 18.1 Å². The van der Waals surface area contributed by atoms with Crippen molar-refractivity contribution in [3.63, 3.8) is 0 Å². The van der Waals surface area contributed by atoms with Gasteiger partial charge in [0, 0.05) is 11.4 Å². The van der Waals surface area contributed by atoms with E-state index in [1.54, 1.807) is 0 Å². The Morgan fingerprint density at radius 3 is 2.65 bits per heavy atom. The molecule has 0 radical (unpaired) electrons. The van der Waals surface area contributed by atoms with Crippen molar-refractivity contribution in [2.24, 2.45) is 0 Å². The Labute approximate surface area is 140 Å². The number of rotatable bonds is 6. The van der Waals surface area contributed by atoms with Gasteiger partial charge < -0.3 is 15.2 Å². The van der Waals surface area contributed by atoms with E-state index in [4.69, 9.17) is 9.84 Å². The molecule has 1 aromatic carbocycles. The molecule has 0 aromatic heterocycles. The molecule has 126 valence electrons. The van der Waals surface area contributed by atoms with Crippen molar-refractivity contribution in [2.75, 3.05) is 5.32 Å². The maximum atomic E-state index is 12.3. The smallest absolute Gasteiger partial charge is 0.332 e. The molecule has 23 heavy (non-hydrogen) atoms. The summed E-state index contributed by atoms with van der Waals surface area (Å²) in [6.45, 7) is 6.30. The van der Waals surface area contributed by atoms with E-state index in [1.165, 1.54) is 5.56 Å². The van der Waals surface area contributed by atoms with Gasteiger partial charge in [-0.2, -0.15) is 11.8 Å². The molecule has 6 heteroatoms. The molecule has 2 N–H and O–H groups in total. The van der Waals surface area contributed by atoms with Gasteiger partial charge in [-0.25, -0.2) is 4.79 Å². The Balaban J connectivity index is 2.01. The van der Waals surface area contributed by atoms with Gasteiger partial charge in [-0.1, -0.05) is 26.0 Å². The van der Waals surface area contributed by atoms with Crippen LogP contribution in [0.25, 0.3) is 0 Å². The Kier molecular flexibility index (Phi) is 6.07. The van der Waals surface area contributed by atoms with E-state index in [9.17, 15) is 9.59 Å². The number of benzene rings is 1. The number of carboxylic acids is 1. The van der Waals surface area contributed by atoms with Crippen LogP contribution in [0.4, 0.5) is 5.69 Å². The summed E-state index contributed by atoms with van der Waals surface area (Å²) in [5.41, 5.74) is 3.00. The number of thioether (sulfide) groups is 1. The van der Waals surface area contributed by atoms with Gasteiger partial charge in [0.2, 0.25) is 0 Å². The van der Waals surface area contributed by atoms with Crippen LogP contribution in [-0.4, -0.2) is 34.4 Å². The summed E-state index contributed by atoms with van der Waals surface area (Å²) in [6, 6.07) is 5.85. The lowest BCUT2D eigenvalue weighted by atomic mass is 10.1. The first-order chi connectivity index (χ1) is 10.9. The van der Waals surface area contributed by atoms with Crippen LogP contribution < -0.4 is 5.32 Å². The molecule has 0 bridgehead atoms. The fourth-order valence-corrected chi connectivity index (χ4v) is 3.28. The SMILES string of the molecule is Cc1c(CSC(C)C)cccc1NC(=O)[C@@H]1CC[C@H](C(=O)O)O1. The van der Waals surface area contributed by atoms with Crippen molar-refractivity contribution < 1.29 is 19.4 Å². The fraction of sp³-hybridized carbons (Fsp3) is 0.529. The number of nitrogens with one attached hydrogen (secondary N) is 1. The van der Waals surface area contributed by atoms with Gasteiger partial charge >= 0.3 is 5.97 Å². The number of carbonyl (C=O) groups is 2. The molecule has 0 saturated carbocycles. The number of carboxylic acid groups (broad SMARTS) is 1. The number of ether oxygens (including phenoxy) is 1. The Morgan fingerprint density at radius 2 is 2.04 bits per heavy atom. The summed E-state index contributed by atoms with van der Waals surface area (Å²) in [6.07, 6.45) is -0.757. The van der Waals surface area contributed by atoms with E-state index in [-0.39, 0.29) is 5.91 Å². The Morgan fingerprint density at radius 1 is 1.35 bits per heavy atom. The lowest BCUT2D eigenvalue weighted by molar-refractivity contribution is -0.150. The number of amides is 1. The number of carbonyl (C=O) groups excluding carboxylic acids is 1. The third-order valence-corrected chi connectivity index (χ3v) is 5.01. The van der Waals surface area contributed by atoms with Crippen LogP contribution in [0.15, 0.2) is 18.2 Å². The lowest BCUT2D eigenvalue weighted by Gasteiger charge is -2.16. The van der Waals surface area contributed by atoms with Crippen molar-refractivity contribution in [2.45, 2.75) is 56.8 Å². The minimum absolute atomic E-state index is 0.273. The number of hydrogen-bond donors (Lipinski definition) is 2. The monoisotopic (exact) mass is 337 g/mol. The molecule has 1 aliphatic heterocycles. The molecule has 5 nitrogen and oxygen atoms in total. The van der Waals surface area contributed by atoms with Crippen LogP contribution in [-0.2, 0) is 20.1 Å². The number of aliphatic carboxylic acids is 1. The summed E-state index contributed by atoms with van der Waals surface area (Å²) in [4.78, 5) is 23.2. The molecule has 1 amide bonds. The molecule has 1 aliphatic rings. The number of hydrogen-bond acceptors (Lipinski definition) is 4. The summed E-state index contributed by atoms with van der Waals surface area (Å²) in [7, 11) is 0. The van der Waals surface area contributed by atoms with Crippen LogP contribution in [0.2, 0.25) is 0 Å². The van der Waals surface area contributed by atoms with E-state index in [2.05, 4.69) is 25.2 Å². The third-order valence-electron chi connectivity index (χ3n) is 3.86. The first-order valence-electron chi connectivity index (χ1n) is 7.77. The van der Waals surface area contributed by atoms with Crippen LogP contribution in [0.3, 0.4) is 0 Å². The molecule has 1 fully saturated rings. The van der Waals surface area contributed by atoms with E-state index in [0.717, 1.165) is 17.0 Å². The van der Waals surface area contributed by atoms with Crippen LogP contribution >= 0.6 is 11.8 Å². The molecular weight excluding hydrogens is 314 g/mol. The molecule has 1 heterocycles. The molecule has 1 aromatic rings. The highest BCUT2D eigenvalue weighted by atomic mass is 32.2. The first kappa shape index (κ1) is 17.8. The van der Waals surface area contributed by atoms with Crippen molar-refractivity contribution in [1.29, 1.82) is 0 Å². The molecule has 0 aliphatic carbocycles. The van der Waals surface area contributed by atoms with Crippen molar-refractivity contribution in [3.8, 4) is 0 Å². The quantitative estimate of drug-likeness (QED) is 0.834. The van der Waals surface area contributed by atoms with E-state index < -0.39 is 18.2 Å². The Bertz CT molecular complexity index is 588. The lowest BCUT2D eigenvalue weighted by Crippen LogP contribution is -2.30. The van der Waals surface area contributed by atoms with Crippen LogP contribution in [0, 0.1) is 6.92 Å². The fourth-order valence-electron chi connectivity index (χ4n) is 2.46. The normalized spacial score (nSPS) is 20.7. The highest BCUT2D eigenvalue weighted by Gasteiger charge is 2.34. The predicted molar refractivity (Wildman–Crippen MR) is 91.8 cm³/mol. The molecule has 2 atom stereocenters. The van der Waals surface area contributed by atoms with Crippen molar-refractivity contribution in [1.82, 2.24) is 0 Å². The maximum Gasteiger partial charge on any atom is 0.332 e. The van der Waals surface area contributed by atoms with Crippen molar-refractivity contribution >= 4 is 29.3 Å². The van der Waals surface area contributed by atoms with E-state index >= 15 is 0 Å². The average Bonchev–Trinajstić information content (AvgIpc) is 2.98. The minimum atomic E-state index is -1.01. The topological polar surface area (TPSA) is 75.6 Å². The zero-order chi connectivity index (χ0) is 17.0. The minimum Gasteiger partial charge on any atom is -0.479 e. The predicted octanol–water partition coefficient (Wildman–Crippen LogP) is 3.21. The summed E-state index contributed by atoms with van der Waals surface area (Å²) >= 11 is 1.85. The van der Waals surface area contributed by atoms with Crippen LogP contribution in [0.1, 0.15) is 37.8 Å². The zero-order valence-corrected chi connectivity index (χ0v) is 14.5. The largest absolute Gasteiger partial charge is 0.479 e. The standard InChI is InChI=1S/C17H23NO4S/c1-10(2)23-9-12-5-4-6-13(11(12)3)18-16(19)14-7-8-15(22-14)17(20)21/h4-6,10,14-15H,7-9H2,1-3H3,(H,18,19)(H,20,21)/t14-,15+/m0/s1. The van der Waals surface area contributed by atoms with Gasteiger partial charge in [-0.3, -0.25) is 4.79 Å². The van der Waals surface area contributed by atoms with Gasteiger partial charge in [0.05, 0.1) is 0 Å². The highest BCUT2D eigenvalue weighted by Crippen LogP contribution is 2.26. The zero-order valence-electron chi connectivity index (χ0n) is 13.7. The second-order valence-corrected chi connectivity index (χ2v) is 7.53. The van der Waals surface area contributed by atoms with Crippen LogP contribution in [0.5, 0.6) is 0 Å². The highest BCUT2D eigenvalue weighted by molar-refractivity contribution is 7.99. The second-order valence-electron chi connectivity index (χ2n) is 5.97. The van der Waals surface area contributed by atoms with Gasteiger partial charge in [0.15, 0.2) is 6.10 Å². The molecule has 2 rings (SSSR count). The first-order valence-corrected chi connectivity index (χ1v) is 8.82. The average molecular weight is 337 g/mol. The summed E-state index contributed by atoms with van der Waals surface area (Å²) in [5.74, 6) is -0.386. The molecular formula is C17H23NO4S. The Hall–Kier alpha value is -1.53. The number of anilines is 1. The van der Waals surface area contributed by atoms with E-state index in [1.807, 2.05) is 30.8 Å². The van der Waals surface area contributed by atoms with Gasteiger partial charge in [-0.05, 0) is 42.2 Å². The third kappa shape index (κ3) is 4.72. The maximum absolute atomic E-state index is 12.3. The molecule has 0 spiro atoms. The molecule has 1 saturated heterocycles. The van der Waals surface area contributed by atoms with Gasteiger partial charge in [0.1, 0.15) is 6.10 Å². The summed E-state index contributed by atoms with van der Waals surface area (Å²) in [5, 5.41) is 12.3. The summed E-state index contributed by atoms with van der Waals surface area (Å²) < 4.78 is 5.29.